The molecule has 18 unspecified atom stereocenters. The molecule has 11 nitrogen and oxygen atoms in total. The summed E-state index contributed by atoms with van der Waals surface area (Å²) in [6, 6.07) is 0. The van der Waals surface area contributed by atoms with Crippen LogP contribution >= 0.6 is 11.6 Å². The third-order valence-electron chi connectivity index (χ3n) is 14.2. The maximum absolute atomic E-state index is 12.4. The van der Waals surface area contributed by atoms with Gasteiger partial charge in [0.15, 0.2) is 0 Å². The summed E-state index contributed by atoms with van der Waals surface area (Å²) in [5, 5.41) is 31.4. The molecular formula is C32H55ClN8O3S. The Kier molecular flexibility index (Phi) is 8.26. The second-order valence-electron chi connectivity index (χ2n) is 16.4. The zero-order chi connectivity index (χ0) is 30.4. The Morgan fingerprint density at radius 2 is 0.733 bits per heavy atom. The highest BCUT2D eigenvalue weighted by atomic mass is 35.5. The third kappa shape index (κ3) is 5.45. The van der Waals surface area contributed by atoms with Gasteiger partial charge < -0.3 is 0 Å². The molecule has 4 aliphatic carbocycles. The van der Waals surface area contributed by atoms with Crippen LogP contribution in [0, 0.1) is 47.3 Å². The summed E-state index contributed by atoms with van der Waals surface area (Å²) in [4.78, 5) is 0. The van der Waals surface area contributed by atoms with Gasteiger partial charge in [-0.05, 0) is 92.8 Å². The summed E-state index contributed by atoms with van der Waals surface area (Å²) in [5.74, 6) is 3.55. The van der Waals surface area contributed by atoms with Crippen molar-refractivity contribution in [2.24, 2.45) is 47.3 Å². The second-order valence-corrected chi connectivity index (χ2v) is 18.6. The van der Waals surface area contributed by atoms with Gasteiger partial charge in [-0.25, -0.2) is 0 Å². The van der Waals surface area contributed by atoms with E-state index in [2.05, 4.69) is 42.5 Å². The molecule has 9 rings (SSSR count). The van der Waals surface area contributed by atoms with Gasteiger partial charge in [0.05, 0.1) is 54.6 Å². The van der Waals surface area contributed by atoms with Crippen LogP contribution in [0.1, 0.15) is 89.9 Å². The molecule has 8 bridgehead atoms. The summed E-state index contributed by atoms with van der Waals surface area (Å²) in [5.41, 5.74) is 0. The topological polar surface area (TPSA) is 151 Å². The largest absolute Gasteiger partial charge is 0.286 e. The molecule has 18 atom stereocenters. The molecule has 0 aromatic rings. The van der Waals surface area contributed by atoms with Gasteiger partial charge in [0.25, 0.3) is 10.1 Å². The van der Waals surface area contributed by atoms with Gasteiger partial charge in [-0.3, -0.25) is 47.1 Å². The van der Waals surface area contributed by atoms with Crippen molar-refractivity contribution >= 4 is 21.7 Å². The van der Waals surface area contributed by atoms with E-state index in [1.54, 1.807) is 0 Å². The van der Waals surface area contributed by atoms with Gasteiger partial charge >= 0.3 is 0 Å². The van der Waals surface area contributed by atoms with Gasteiger partial charge in [-0.1, -0.05) is 38.5 Å². The van der Waals surface area contributed by atoms with E-state index < -0.39 is 15.4 Å². The fraction of sp³-hybridized carbons (Fsp3) is 1.00. The highest BCUT2D eigenvalue weighted by molar-refractivity contribution is 7.86. The number of hydrogen-bond acceptors (Lipinski definition) is 10. The fourth-order valence-electron chi connectivity index (χ4n) is 12.2. The van der Waals surface area contributed by atoms with Crippen molar-refractivity contribution in [2.75, 3.05) is 0 Å². The number of fused-ring (bicyclic) bond motifs is 20. The molecule has 9 fully saturated rings. The first-order valence-electron chi connectivity index (χ1n) is 18.5. The number of nitrogens with one attached hydrogen (secondary N) is 8. The average Bonchev–Trinajstić information content (AvgIpc) is 3.76. The lowest BCUT2D eigenvalue weighted by Crippen LogP contribution is -2.61. The third-order valence-corrected chi connectivity index (χ3v) is 15.9. The van der Waals surface area contributed by atoms with Gasteiger partial charge in [-0.2, -0.15) is 8.42 Å². The van der Waals surface area contributed by atoms with Crippen molar-refractivity contribution in [1.29, 1.82) is 0 Å². The normalized spacial score (nSPS) is 56.2. The molecule has 5 saturated heterocycles. The minimum Gasteiger partial charge on any atom is -0.286 e. The summed E-state index contributed by atoms with van der Waals surface area (Å²) in [7, 11) is -4.17. The molecule has 0 amide bonds. The van der Waals surface area contributed by atoms with Crippen LogP contribution in [0.15, 0.2) is 0 Å². The van der Waals surface area contributed by atoms with E-state index >= 15 is 0 Å². The first-order valence-corrected chi connectivity index (χ1v) is 20.4. The molecule has 254 valence electrons. The van der Waals surface area contributed by atoms with Crippen molar-refractivity contribution in [3.8, 4) is 0 Å². The Morgan fingerprint density at radius 1 is 0.444 bits per heavy atom. The Bertz CT molecular complexity index is 1220. The molecule has 13 heteroatoms. The van der Waals surface area contributed by atoms with E-state index in [0.717, 1.165) is 0 Å². The smallest absolute Gasteiger partial charge is 0.267 e. The predicted octanol–water partition coefficient (Wildman–Crippen LogP) is 1.69. The number of rotatable bonds is 1. The minimum absolute atomic E-state index is 0.00429. The van der Waals surface area contributed by atoms with Crippen LogP contribution in [0.3, 0.4) is 0 Å². The zero-order valence-corrected chi connectivity index (χ0v) is 27.9. The van der Waals surface area contributed by atoms with E-state index in [0.29, 0.717) is 54.3 Å². The quantitative estimate of drug-likeness (QED) is 0.149. The minimum atomic E-state index is -4.17. The van der Waals surface area contributed by atoms with Crippen LogP contribution in [0.5, 0.6) is 0 Å². The van der Waals surface area contributed by atoms with Crippen LogP contribution < -0.4 is 42.5 Å². The van der Waals surface area contributed by atoms with Crippen molar-refractivity contribution in [3.05, 3.63) is 0 Å². The monoisotopic (exact) mass is 666 g/mol. The molecule has 0 spiro atoms. The predicted molar refractivity (Wildman–Crippen MR) is 173 cm³/mol. The molecule has 0 aromatic carbocycles. The molecule has 0 radical (unpaired) electrons. The molecule has 0 aromatic heterocycles. The zero-order valence-electron chi connectivity index (χ0n) is 26.3. The second kappa shape index (κ2) is 12.0. The Morgan fingerprint density at radius 3 is 1.04 bits per heavy atom. The van der Waals surface area contributed by atoms with E-state index in [1.807, 2.05) is 0 Å². The summed E-state index contributed by atoms with van der Waals surface area (Å²) in [6.07, 6.45) is 17.2. The Labute approximate surface area is 273 Å². The van der Waals surface area contributed by atoms with Crippen LogP contribution in [0.2, 0.25) is 0 Å². The summed E-state index contributed by atoms with van der Waals surface area (Å²) in [6.45, 7) is 0. The maximum Gasteiger partial charge on any atom is 0.267 e. The highest BCUT2D eigenvalue weighted by Crippen LogP contribution is 2.47. The lowest BCUT2D eigenvalue weighted by Gasteiger charge is -2.39. The number of halogens is 1. The van der Waals surface area contributed by atoms with Crippen molar-refractivity contribution < 1.29 is 13.0 Å². The lowest BCUT2D eigenvalue weighted by atomic mass is 9.76. The Balaban J connectivity index is 1.07. The molecule has 5 aliphatic heterocycles. The molecule has 4 saturated carbocycles. The van der Waals surface area contributed by atoms with Crippen LogP contribution in [0.25, 0.3) is 0 Å². The van der Waals surface area contributed by atoms with E-state index in [1.165, 1.54) is 77.0 Å². The van der Waals surface area contributed by atoms with E-state index in [4.69, 9.17) is 11.6 Å². The molecule has 9 aliphatic rings. The first-order chi connectivity index (χ1) is 21.8. The van der Waals surface area contributed by atoms with Crippen molar-refractivity contribution in [2.45, 2.75) is 150 Å². The number of alkyl halides is 1. The summed E-state index contributed by atoms with van der Waals surface area (Å²) < 4.78 is 35.0. The molecule has 9 N–H and O–H groups in total. The van der Waals surface area contributed by atoms with Crippen LogP contribution in [-0.4, -0.2) is 72.9 Å². The van der Waals surface area contributed by atoms with Gasteiger partial charge in [0.2, 0.25) is 0 Å². The molecular weight excluding hydrogens is 612 g/mol. The molecule has 45 heavy (non-hydrogen) atoms. The van der Waals surface area contributed by atoms with Crippen molar-refractivity contribution in [1.82, 2.24) is 42.5 Å². The first kappa shape index (κ1) is 30.9. The standard InChI is InChI=1S/C32H55ClN8O3S/c33-23-14-15(45(42,43)44)13-22-24(23)32-40-30-21-12-6-5-11-20(21)28(38-30)36-26-17-8-2-1-7-16(17)25(34-26)35-27-18-9-3-4-10-19(18)29(37-27)39-31(22)41-32/h15-32,34-41H,1-14H2,(H,42,43,44). The molecule has 5 heterocycles. The fourth-order valence-corrected chi connectivity index (χ4v) is 13.8. The van der Waals surface area contributed by atoms with Crippen molar-refractivity contribution in [3.63, 3.8) is 0 Å². The van der Waals surface area contributed by atoms with Gasteiger partial charge in [0, 0.05) is 11.3 Å². The maximum atomic E-state index is 12.4. The summed E-state index contributed by atoms with van der Waals surface area (Å²) >= 11 is 7.12. The van der Waals surface area contributed by atoms with E-state index in [-0.39, 0.29) is 60.6 Å². The SMILES string of the molecule is O=S(=O)(O)C1CC(Cl)C2C3NC4NC(NC5NC(NC6NC(NC(N3)C2C1)C1CCCCC61)C1CCCCC51)C1CCCCC41. The van der Waals surface area contributed by atoms with Crippen LogP contribution in [0.4, 0.5) is 0 Å². The highest BCUT2D eigenvalue weighted by Gasteiger charge is 2.57. The Hall–Kier alpha value is -0.120. The average molecular weight is 667 g/mol. The van der Waals surface area contributed by atoms with Gasteiger partial charge in [0.1, 0.15) is 0 Å². The van der Waals surface area contributed by atoms with Gasteiger partial charge in [-0.15, -0.1) is 11.6 Å². The van der Waals surface area contributed by atoms with Crippen LogP contribution in [-0.2, 0) is 10.1 Å². The number of hydrogen-bond donors (Lipinski definition) is 9. The van der Waals surface area contributed by atoms with E-state index in [9.17, 15) is 13.0 Å². The lowest BCUT2D eigenvalue weighted by molar-refractivity contribution is 0.168.